The third-order valence-electron chi connectivity index (χ3n) is 11.5. The smallest absolute Gasteiger partial charge is 0.266 e. The van der Waals surface area contributed by atoms with Gasteiger partial charge in [-0.25, -0.2) is 0 Å². The molecule has 0 bridgehead atoms. The van der Waals surface area contributed by atoms with Crippen molar-refractivity contribution >= 4 is 55.2 Å². The Morgan fingerprint density at radius 3 is 2.08 bits per heavy atom. The molecule has 0 unspecified atom stereocenters. The fraction of sp³-hybridized carbons (Fsp3) is 0.396. The number of ether oxygens (including phenoxy) is 1. The van der Waals surface area contributed by atoms with Crippen molar-refractivity contribution in [3.8, 4) is 11.5 Å². The van der Waals surface area contributed by atoms with E-state index in [1.54, 1.807) is 42.5 Å². The van der Waals surface area contributed by atoms with Gasteiger partial charge in [0.1, 0.15) is 11.5 Å². The van der Waals surface area contributed by atoms with Gasteiger partial charge in [-0.2, -0.15) is 23.8 Å². The molecule has 0 fully saturated rings. The molecule has 0 radical (unpaired) electrons. The number of hydrogen-bond acceptors (Lipinski definition) is 10. The lowest BCUT2D eigenvalue weighted by molar-refractivity contribution is 0.0950. The van der Waals surface area contributed by atoms with Crippen LogP contribution in [0.4, 0.5) is 28.4 Å². The highest BCUT2D eigenvalue weighted by atomic mass is 32.2. The van der Waals surface area contributed by atoms with Gasteiger partial charge in [0.15, 0.2) is 0 Å². The molecule has 5 aromatic rings. The van der Waals surface area contributed by atoms with Gasteiger partial charge in [0.25, 0.3) is 16.0 Å². The van der Waals surface area contributed by atoms with Gasteiger partial charge in [0.2, 0.25) is 0 Å². The second-order valence-corrected chi connectivity index (χ2v) is 18.2. The molecule has 0 aliphatic carbocycles. The van der Waals surface area contributed by atoms with Gasteiger partial charge in [0, 0.05) is 41.7 Å². The minimum absolute atomic E-state index is 0.0343. The summed E-state index contributed by atoms with van der Waals surface area (Å²) in [7, 11) is -4.08. The van der Waals surface area contributed by atoms with Crippen LogP contribution in [-0.2, 0) is 20.9 Å². The normalized spacial score (nSPS) is 12.4. The molecule has 0 saturated carbocycles. The molecule has 5 rings (SSSR count). The second-order valence-electron chi connectivity index (χ2n) is 16.6. The first-order valence-electron chi connectivity index (χ1n) is 21.0. The average molecular weight is 849 g/mol. The molecular formula is C48H60N6O6S. The number of carbonyl (C=O) groups is 1. The summed E-state index contributed by atoms with van der Waals surface area (Å²) < 4.78 is 38.0. The van der Waals surface area contributed by atoms with Crippen LogP contribution < -0.4 is 15.0 Å². The largest absolute Gasteiger partial charge is 0.506 e. The molecule has 3 N–H and O–H groups in total. The number of carbonyl (C=O) groups excluding carboxylic acids is 1. The summed E-state index contributed by atoms with van der Waals surface area (Å²) in [5.41, 5.74) is 6.45. The number of rotatable bonds is 20. The van der Waals surface area contributed by atoms with Crippen molar-refractivity contribution in [1.29, 1.82) is 0 Å². The number of amides is 1. The van der Waals surface area contributed by atoms with E-state index in [1.807, 2.05) is 49.1 Å². The summed E-state index contributed by atoms with van der Waals surface area (Å²) in [6.07, 6.45) is 3.46. The molecule has 12 nitrogen and oxygen atoms in total. The fourth-order valence-electron chi connectivity index (χ4n) is 6.79. The summed E-state index contributed by atoms with van der Waals surface area (Å²) in [5, 5.41) is 33.1. The standard InChI is InChI=1S/C48H60N6O6S/c1-9-47(5,6)34-21-24-44(41(30-34)48(7,8)10-2)60-27-15-14-25-49-46(56)40-32-43(38-19-12-13-20-39(38)45(40)55)53-51-36-18-16-17-35(31-36)50-52-42-23-22-37(29-33(42)4)54(11-3)26-28-61(57,58)59/h12-13,16-24,29-32,55H,9-11,14-15,25-28H2,1-8H3,(H,49,56)(H,57,58,59). The minimum atomic E-state index is -4.08. The Morgan fingerprint density at radius 1 is 0.770 bits per heavy atom. The zero-order valence-electron chi connectivity index (χ0n) is 36.7. The Hall–Kier alpha value is -5.66. The third kappa shape index (κ3) is 12.2. The van der Waals surface area contributed by atoms with E-state index in [4.69, 9.17) is 4.74 Å². The average Bonchev–Trinajstić information content (AvgIpc) is 3.24. The first-order chi connectivity index (χ1) is 29.0. The zero-order valence-corrected chi connectivity index (χ0v) is 37.5. The van der Waals surface area contributed by atoms with Crippen LogP contribution in [0.2, 0.25) is 0 Å². The van der Waals surface area contributed by atoms with Crippen molar-refractivity contribution in [3.63, 3.8) is 0 Å². The number of phenols is 1. The van der Waals surface area contributed by atoms with Crippen molar-refractivity contribution in [1.82, 2.24) is 5.32 Å². The molecule has 0 atom stereocenters. The number of aryl methyl sites for hydroxylation is 1. The van der Waals surface area contributed by atoms with Gasteiger partial charge in [-0.3, -0.25) is 9.35 Å². The van der Waals surface area contributed by atoms with Crippen molar-refractivity contribution < 1.29 is 27.6 Å². The van der Waals surface area contributed by atoms with Gasteiger partial charge < -0.3 is 20.1 Å². The molecule has 0 heterocycles. The van der Waals surface area contributed by atoms with E-state index in [0.717, 1.165) is 36.3 Å². The van der Waals surface area contributed by atoms with E-state index < -0.39 is 16.0 Å². The third-order valence-corrected chi connectivity index (χ3v) is 12.2. The van der Waals surface area contributed by atoms with Crippen LogP contribution in [0.25, 0.3) is 10.8 Å². The number of nitrogens with zero attached hydrogens (tertiary/aromatic N) is 5. The molecule has 0 aliphatic rings. The van der Waals surface area contributed by atoms with Crippen LogP contribution >= 0.6 is 0 Å². The molecule has 0 spiro atoms. The van der Waals surface area contributed by atoms with Gasteiger partial charge in [0.05, 0.1) is 40.7 Å². The summed E-state index contributed by atoms with van der Waals surface area (Å²) in [5.74, 6) is 0.0108. The van der Waals surface area contributed by atoms with Gasteiger partial charge in [-0.05, 0) is 110 Å². The number of aromatic hydroxyl groups is 1. The van der Waals surface area contributed by atoms with E-state index in [9.17, 15) is 22.9 Å². The summed E-state index contributed by atoms with van der Waals surface area (Å²) in [6.45, 7) is 18.9. The van der Waals surface area contributed by atoms with Crippen molar-refractivity contribution in [3.05, 3.63) is 113 Å². The molecule has 1 amide bonds. The quantitative estimate of drug-likeness (QED) is 0.0398. The minimum Gasteiger partial charge on any atom is -0.506 e. The van der Waals surface area contributed by atoms with Crippen LogP contribution in [-0.4, -0.2) is 56.0 Å². The molecular weight excluding hydrogens is 789 g/mol. The Bertz CT molecular complexity index is 2500. The molecule has 5 aromatic carbocycles. The molecule has 0 aromatic heterocycles. The molecule has 324 valence electrons. The SMILES string of the molecule is CCN(CCS(=O)(=O)O)c1ccc(N=Nc2cccc(N=Nc3cc(C(=O)NCCCCOc4ccc(C(C)(C)CC)cc4C(C)(C)CC)c(O)c4ccccc34)c2)c(C)c1. The number of anilines is 1. The number of phenolic OH excluding ortho intramolecular Hbond substituents is 1. The number of benzene rings is 5. The monoisotopic (exact) mass is 848 g/mol. The van der Waals surface area contributed by atoms with Crippen LogP contribution in [0.5, 0.6) is 11.5 Å². The van der Waals surface area contributed by atoms with E-state index in [-0.39, 0.29) is 34.4 Å². The Balaban J connectivity index is 1.23. The van der Waals surface area contributed by atoms with Crippen LogP contribution in [0.1, 0.15) is 101 Å². The van der Waals surface area contributed by atoms with E-state index in [0.29, 0.717) is 59.6 Å². The lowest BCUT2D eigenvalue weighted by Gasteiger charge is -2.30. The Labute approximate surface area is 360 Å². The van der Waals surface area contributed by atoms with Crippen molar-refractivity contribution in [2.24, 2.45) is 20.5 Å². The maximum absolute atomic E-state index is 13.5. The van der Waals surface area contributed by atoms with Crippen LogP contribution in [0, 0.1) is 6.92 Å². The maximum Gasteiger partial charge on any atom is 0.266 e. The van der Waals surface area contributed by atoms with Gasteiger partial charge in [-0.15, -0.1) is 5.11 Å². The lowest BCUT2D eigenvalue weighted by atomic mass is 9.76. The zero-order chi connectivity index (χ0) is 44.4. The Kier molecular flexibility index (Phi) is 15.4. The predicted molar refractivity (Wildman–Crippen MR) is 246 cm³/mol. The highest BCUT2D eigenvalue weighted by Gasteiger charge is 2.27. The van der Waals surface area contributed by atoms with Gasteiger partial charge in [-0.1, -0.05) is 84.0 Å². The number of fused-ring (bicyclic) bond motifs is 1. The number of hydrogen-bond donors (Lipinski definition) is 3. The van der Waals surface area contributed by atoms with Crippen LogP contribution in [0.15, 0.2) is 111 Å². The van der Waals surface area contributed by atoms with Crippen molar-refractivity contribution in [2.45, 2.75) is 91.9 Å². The number of nitrogens with one attached hydrogen (secondary N) is 1. The first-order valence-corrected chi connectivity index (χ1v) is 22.6. The number of azo groups is 2. The topological polar surface area (TPSA) is 166 Å². The summed E-state index contributed by atoms with van der Waals surface area (Å²) >= 11 is 0. The molecule has 0 saturated heterocycles. The van der Waals surface area contributed by atoms with E-state index in [1.165, 1.54) is 11.1 Å². The fourth-order valence-corrected chi connectivity index (χ4v) is 7.24. The maximum atomic E-state index is 13.5. The van der Waals surface area contributed by atoms with E-state index >= 15 is 0 Å². The molecule has 13 heteroatoms. The summed E-state index contributed by atoms with van der Waals surface area (Å²) in [4.78, 5) is 15.3. The highest BCUT2D eigenvalue weighted by Crippen LogP contribution is 2.40. The second kappa shape index (κ2) is 20.3. The van der Waals surface area contributed by atoms with E-state index in [2.05, 4.69) is 85.5 Å². The lowest BCUT2D eigenvalue weighted by Crippen LogP contribution is -2.28. The van der Waals surface area contributed by atoms with Crippen molar-refractivity contribution in [2.75, 3.05) is 36.9 Å². The highest BCUT2D eigenvalue weighted by molar-refractivity contribution is 7.85. The van der Waals surface area contributed by atoms with Crippen LogP contribution in [0.3, 0.4) is 0 Å². The number of unbranched alkanes of at least 4 members (excludes halogenated alkanes) is 1. The molecule has 61 heavy (non-hydrogen) atoms. The van der Waals surface area contributed by atoms with Gasteiger partial charge >= 0.3 is 0 Å². The predicted octanol–water partition coefficient (Wildman–Crippen LogP) is 12.4. The Morgan fingerprint density at radius 2 is 1.44 bits per heavy atom. The molecule has 0 aliphatic heterocycles. The summed E-state index contributed by atoms with van der Waals surface area (Å²) in [6, 6.07) is 28.0. The first kappa shape index (κ1) is 46.4.